The molecular weight excluding hydrogens is 365 g/mol. The first-order valence-electron chi connectivity index (χ1n) is 7.29. The number of rotatable bonds is 2. The second-order valence-corrected chi connectivity index (χ2v) is 6.25. The maximum atomic E-state index is 12.6. The van der Waals surface area contributed by atoms with Crippen molar-refractivity contribution >= 4 is 53.5 Å². The van der Waals surface area contributed by atoms with Gasteiger partial charge in [0.1, 0.15) is 0 Å². The second-order valence-electron chi connectivity index (χ2n) is 5.37. The smallest absolute Gasteiger partial charge is 0.187 e. The van der Waals surface area contributed by atoms with E-state index in [2.05, 4.69) is 5.32 Å². The fourth-order valence-corrected chi connectivity index (χ4v) is 2.70. The molecule has 1 saturated heterocycles. The van der Waals surface area contributed by atoms with Crippen LogP contribution in [-0.4, -0.2) is 18.9 Å². The van der Waals surface area contributed by atoms with Crippen LogP contribution in [0, 0.1) is 0 Å². The Morgan fingerprint density at radius 2 is 1.12 bits per heavy atom. The van der Waals surface area contributed by atoms with Crippen molar-refractivity contribution in [1.29, 1.82) is 0 Å². The lowest BCUT2D eigenvalue weighted by Gasteiger charge is -2.18. The summed E-state index contributed by atoms with van der Waals surface area (Å²) in [7, 11) is 0. The van der Waals surface area contributed by atoms with Crippen molar-refractivity contribution in [3.05, 3.63) is 80.8 Å². The summed E-state index contributed by atoms with van der Waals surface area (Å²) in [5, 5.41) is 4.64. The van der Waals surface area contributed by atoms with Gasteiger partial charge in [0, 0.05) is 34.3 Å². The molecule has 5 heteroatoms. The minimum Gasteiger partial charge on any atom is -0.308 e. The first kappa shape index (κ1) is 18.8. The normalized spacial score (nSPS) is 17.8. The second kappa shape index (κ2) is 8.50. The molecule has 0 atom stereocenters. The van der Waals surface area contributed by atoms with Gasteiger partial charge in [-0.15, -0.1) is 12.4 Å². The highest BCUT2D eigenvalue weighted by Crippen LogP contribution is 2.19. The van der Waals surface area contributed by atoms with Gasteiger partial charge < -0.3 is 5.32 Å². The molecule has 2 aromatic carbocycles. The topological polar surface area (TPSA) is 29.1 Å². The molecular formula is C19H16Cl3NO. The Bertz CT molecular complexity index is 712. The minimum absolute atomic E-state index is 0. The predicted molar refractivity (Wildman–Crippen MR) is 104 cm³/mol. The number of carbonyl (C=O) groups is 1. The van der Waals surface area contributed by atoms with E-state index in [9.17, 15) is 4.79 Å². The van der Waals surface area contributed by atoms with Gasteiger partial charge in [-0.3, -0.25) is 4.79 Å². The van der Waals surface area contributed by atoms with E-state index >= 15 is 0 Å². The molecule has 0 bridgehead atoms. The van der Waals surface area contributed by atoms with E-state index in [1.807, 2.05) is 60.7 Å². The van der Waals surface area contributed by atoms with E-state index in [0.717, 1.165) is 22.3 Å². The first-order valence-corrected chi connectivity index (χ1v) is 8.05. The van der Waals surface area contributed by atoms with Gasteiger partial charge in [0.2, 0.25) is 0 Å². The molecule has 0 aromatic heterocycles. The van der Waals surface area contributed by atoms with Crippen molar-refractivity contribution in [2.75, 3.05) is 13.1 Å². The molecule has 3 rings (SSSR count). The van der Waals surface area contributed by atoms with E-state index in [0.29, 0.717) is 23.1 Å². The van der Waals surface area contributed by atoms with Gasteiger partial charge in [-0.05, 0) is 47.5 Å². The number of carbonyl (C=O) groups excluding carboxylic acids is 1. The number of hydrogen-bond donors (Lipinski definition) is 1. The number of hydrogen-bond acceptors (Lipinski definition) is 2. The molecule has 0 spiro atoms. The molecule has 124 valence electrons. The highest BCUT2D eigenvalue weighted by Gasteiger charge is 2.19. The molecule has 0 amide bonds. The van der Waals surface area contributed by atoms with Gasteiger partial charge in [-0.1, -0.05) is 47.5 Å². The summed E-state index contributed by atoms with van der Waals surface area (Å²) in [6.07, 6.45) is 3.81. The number of benzene rings is 2. The zero-order chi connectivity index (χ0) is 16.2. The summed E-state index contributed by atoms with van der Waals surface area (Å²) in [4.78, 5) is 12.6. The van der Waals surface area contributed by atoms with Crippen molar-refractivity contribution < 1.29 is 4.79 Å². The Kier molecular flexibility index (Phi) is 6.64. The largest absolute Gasteiger partial charge is 0.308 e. The number of Topliss-reactive ketones (excluding diaryl/α,β-unsaturated/α-hetero) is 1. The lowest BCUT2D eigenvalue weighted by Crippen LogP contribution is -2.32. The molecule has 24 heavy (non-hydrogen) atoms. The van der Waals surface area contributed by atoms with E-state index in [4.69, 9.17) is 23.2 Å². The van der Waals surface area contributed by atoms with Crippen molar-refractivity contribution in [3.8, 4) is 0 Å². The summed E-state index contributed by atoms with van der Waals surface area (Å²) in [5.74, 6) is 0.0775. The Hall–Kier alpha value is -1.58. The van der Waals surface area contributed by atoms with Crippen LogP contribution in [0.25, 0.3) is 12.2 Å². The molecule has 1 heterocycles. The van der Waals surface area contributed by atoms with Crippen molar-refractivity contribution in [2.45, 2.75) is 0 Å². The van der Waals surface area contributed by atoms with E-state index in [1.54, 1.807) is 0 Å². The molecule has 0 aliphatic carbocycles. The first-order chi connectivity index (χ1) is 11.1. The van der Waals surface area contributed by atoms with E-state index in [-0.39, 0.29) is 18.2 Å². The Balaban J connectivity index is 0.00000208. The number of piperidine rings is 1. The zero-order valence-electron chi connectivity index (χ0n) is 12.8. The van der Waals surface area contributed by atoms with Gasteiger partial charge in [0.25, 0.3) is 0 Å². The quantitative estimate of drug-likeness (QED) is 0.738. The van der Waals surface area contributed by atoms with Crippen LogP contribution in [-0.2, 0) is 4.79 Å². The molecule has 0 saturated carbocycles. The molecule has 2 aromatic rings. The lowest BCUT2D eigenvalue weighted by molar-refractivity contribution is -0.112. The van der Waals surface area contributed by atoms with Crippen LogP contribution >= 0.6 is 35.6 Å². The zero-order valence-corrected chi connectivity index (χ0v) is 15.1. The Labute approximate surface area is 157 Å². The molecule has 2 nitrogen and oxygen atoms in total. The number of halogens is 3. The minimum atomic E-state index is 0. The van der Waals surface area contributed by atoms with Crippen LogP contribution < -0.4 is 5.32 Å². The fourth-order valence-electron chi connectivity index (χ4n) is 2.45. The summed E-state index contributed by atoms with van der Waals surface area (Å²) in [6.45, 7) is 1.14. The van der Waals surface area contributed by atoms with Crippen LogP contribution in [0.15, 0.2) is 59.7 Å². The average molecular weight is 381 g/mol. The van der Waals surface area contributed by atoms with Crippen LogP contribution in [0.5, 0.6) is 0 Å². The highest BCUT2D eigenvalue weighted by atomic mass is 35.5. The maximum Gasteiger partial charge on any atom is 0.187 e. The number of nitrogens with one attached hydrogen (secondary N) is 1. The summed E-state index contributed by atoms with van der Waals surface area (Å²) in [6, 6.07) is 14.9. The average Bonchev–Trinajstić information content (AvgIpc) is 2.55. The van der Waals surface area contributed by atoms with E-state index in [1.165, 1.54) is 0 Å². The van der Waals surface area contributed by atoms with Gasteiger partial charge >= 0.3 is 0 Å². The molecule has 0 unspecified atom stereocenters. The molecule has 1 fully saturated rings. The van der Waals surface area contributed by atoms with Crippen LogP contribution in [0.4, 0.5) is 0 Å². The third-order valence-corrected chi connectivity index (χ3v) is 4.14. The molecule has 1 aliphatic heterocycles. The molecule has 1 aliphatic rings. The summed E-state index contributed by atoms with van der Waals surface area (Å²) in [5.41, 5.74) is 3.43. The maximum absolute atomic E-state index is 12.6. The third-order valence-electron chi connectivity index (χ3n) is 3.64. The lowest BCUT2D eigenvalue weighted by atomic mass is 9.95. The Morgan fingerprint density at radius 1 is 0.750 bits per heavy atom. The van der Waals surface area contributed by atoms with Gasteiger partial charge in [0.15, 0.2) is 5.78 Å². The Morgan fingerprint density at radius 3 is 1.50 bits per heavy atom. The number of ketones is 1. The standard InChI is InChI=1S/C19H15Cl2NO.ClH/c20-17-5-1-13(2-6-17)9-15-11-22-12-16(19(15)23)10-14-3-7-18(21)8-4-14;/h1-10,22H,11-12H2;1H. The highest BCUT2D eigenvalue weighted by molar-refractivity contribution is 6.30. The SMILES string of the molecule is Cl.O=C1C(=Cc2ccc(Cl)cc2)CNCC1=Cc1ccc(Cl)cc1. The predicted octanol–water partition coefficient (Wildman–Crippen LogP) is 5.05. The van der Waals surface area contributed by atoms with Gasteiger partial charge in [-0.2, -0.15) is 0 Å². The van der Waals surface area contributed by atoms with Crippen molar-refractivity contribution in [3.63, 3.8) is 0 Å². The van der Waals surface area contributed by atoms with Crippen LogP contribution in [0.1, 0.15) is 11.1 Å². The van der Waals surface area contributed by atoms with Crippen molar-refractivity contribution in [1.82, 2.24) is 5.32 Å². The van der Waals surface area contributed by atoms with Crippen LogP contribution in [0.2, 0.25) is 10.0 Å². The van der Waals surface area contributed by atoms with E-state index < -0.39 is 0 Å². The molecule has 1 N–H and O–H groups in total. The van der Waals surface area contributed by atoms with Gasteiger partial charge in [0.05, 0.1) is 0 Å². The fraction of sp³-hybridized carbons (Fsp3) is 0.105. The van der Waals surface area contributed by atoms with Crippen LogP contribution in [0.3, 0.4) is 0 Å². The van der Waals surface area contributed by atoms with Crippen molar-refractivity contribution in [2.24, 2.45) is 0 Å². The summed E-state index contributed by atoms with van der Waals surface area (Å²) >= 11 is 11.8. The molecule has 0 radical (unpaired) electrons. The third kappa shape index (κ3) is 4.71. The van der Waals surface area contributed by atoms with Gasteiger partial charge in [-0.25, -0.2) is 0 Å². The summed E-state index contributed by atoms with van der Waals surface area (Å²) < 4.78 is 0. The monoisotopic (exact) mass is 379 g/mol.